The quantitative estimate of drug-likeness (QED) is 0.775. The number of aromatic nitrogens is 1. The Kier molecular flexibility index (Phi) is 5.43. The summed E-state index contributed by atoms with van der Waals surface area (Å²) in [4.78, 5) is 27.5. The van der Waals surface area contributed by atoms with E-state index in [2.05, 4.69) is 15.0 Å². The lowest BCUT2D eigenvalue weighted by molar-refractivity contribution is -0.146. The summed E-state index contributed by atoms with van der Waals surface area (Å²) in [6.07, 6.45) is 0.0497. The molecule has 1 unspecified atom stereocenters. The van der Waals surface area contributed by atoms with Crippen LogP contribution in [0.4, 0.5) is 0 Å². The number of hydrogen-bond acceptors (Lipinski definition) is 7. The number of amides is 1. The molecule has 0 bridgehead atoms. The van der Waals surface area contributed by atoms with Crippen LogP contribution in [0.5, 0.6) is 0 Å². The van der Waals surface area contributed by atoms with Crippen molar-refractivity contribution < 1.29 is 19.4 Å². The molecule has 0 fully saturated rings. The van der Waals surface area contributed by atoms with E-state index >= 15 is 0 Å². The van der Waals surface area contributed by atoms with E-state index in [0.29, 0.717) is 5.69 Å². The van der Waals surface area contributed by atoms with E-state index in [1.807, 2.05) is 16.8 Å². The molecule has 0 aromatic carbocycles. The zero-order valence-electron chi connectivity index (χ0n) is 11.2. The van der Waals surface area contributed by atoms with Gasteiger partial charge in [-0.15, -0.1) is 11.3 Å². The molecule has 6 nitrogen and oxygen atoms in total. The minimum atomic E-state index is -1.04. The number of thiazole rings is 1. The first-order valence-corrected chi connectivity index (χ1v) is 7.91. The number of carbonyl (C=O) groups excluding carboxylic acids is 2. The summed E-state index contributed by atoms with van der Waals surface area (Å²) in [5.74, 6) is -1.07. The Balaban J connectivity index is 1.95. The number of aliphatic hydroxyl groups excluding tert-OH is 1. The van der Waals surface area contributed by atoms with Crippen molar-refractivity contribution in [3.8, 4) is 10.6 Å². The number of aliphatic hydroxyl groups is 1. The second-order valence-electron chi connectivity index (χ2n) is 4.16. The minimum Gasteiger partial charge on any atom is -0.467 e. The molecule has 2 aromatic heterocycles. The molecular formula is C13H14N2O4S2. The van der Waals surface area contributed by atoms with Gasteiger partial charge in [0.15, 0.2) is 6.04 Å². The third-order valence-corrected chi connectivity index (χ3v) is 4.29. The maximum Gasteiger partial charge on any atom is 0.330 e. The van der Waals surface area contributed by atoms with Crippen molar-refractivity contribution in [1.82, 2.24) is 10.3 Å². The SMILES string of the molecule is COC(=O)C(CO)NC(=O)Cc1csc(-c2ccsc2)n1. The molecule has 2 rings (SSSR count). The Morgan fingerprint density at radius 3 is 2.90 bits per heavy atom. The fourth-order valence-electron chi connectivity index (χ4n) is 1.64. The number of thiophene rings is 1. The Bertz CT molecular complexity index is 609. The first-order chi connectivity index (χ1) is 10.1. The highest BCUT2D eigenvalue weighted by Gasteiger charge is 2.21. The molecule has 0 spiro atoms. The van der Waals surface area contributed by atoms with Crippen molar-refractivity contribution in [3.05, 3.63) is 27.9 Å². The van der Waals surface area contributed by atoms with E-state index < -0.39 is 18.6 Å². The highest BCUT2D eigenvalue weighted by atomic mass is 32.1. The summed E-state index contributed by atoms with van der Waals surface area (Å²) in [5.41, 5.74) is 1.65. The van der Waals surface area contributed by atoms with Crippen LogP contribution >= 0.6 is 22.7 Å². The largest absolute Gasteiger partial charge is 0.467 e. The van der Waals surface area contributed by atoms with Crippen molar-refractivity contribution >= 4 is 34.6 Å². The molecule has 8 heteroatoms. The summed E-state index contributed by atoms with van der Waals surface area (Å²) < 4.78 is 4.48. The van der Waals surface area contributed by atoms with Gasteiger partial charge in [0.05, 0.1) is 25.8 Å². The summed E-state index contributed by atoms with van der Waals surface area (Å²) in [6.45, 7) is -0.504. The van der Waals surface area contributed by atoms with Crippen LogP contribution in [0.2, 0.25) is 0 Å². The maximum atomic E-state index is 11.8. The van der Waals surface area contributed by atoms with E-state index in [-0.39, 0.29) is 12.3 Å². The van der Waals surface area contributed by atoms with Crippen LogP contribution < -0.4 is 5.32 Å². The van der Waals surface area contributed by atoms with Crippen LogP contribution in [0.25, 0.3) is 10.6 Å². The molecule has 21 heavy (non-hydrogen) atoms. The first kappa shape index (κ1) is 15.6. The van der Waals surface area contributed by atoms with E-state index in [4.69, 9.17) is 5.11 Å². The topological polar surface area (TPSA) is 88.5 Å². The third kappa shape index (κ3) is 4.10. The van der Waals surface area contributed by atoms with E-state index in [1.165, 1.54) is 18.4 Å². The van der Waals surface area contributed by atoms with Crippen molar-refractivity contribution in [2.75, 3.05) is 13.7 Å². The van der Waals surface area contributed by atoms with E-state index in [1.54, 1.807) is 16.7 Å². The molecule has 2 aromatic rings. The predicted molar refractivity (Wildman–Crippen MR) is 80.2 cm³/mol. The number of hydrogen-bond donors (Lipinski definition) is 2. The molecule has 0 radical (unpaired) electrons. The van der Waals surface area contributed by atoms with Gasteiger partial charge in [-0.05, 0) is 11.4 Å². The Morgan fingerprint density at radius 2 is 2.29 bits per heavy atom. The van der Waals surface area contributed by atoms with Gasteiger partial charge in [0.1, 0.15) is 5.01 Å². The normalized spacial score (nSPS) is 11.9. The second-order valence-corrected chi connectivity index (χ2v) is 5.80. The monoisotopic (exact) mass is 326 g/mol. The van der Waals surface area contributed by atoms with Crippen LogP contribution in [0, 0.1) is 0 Å². The van der Waals surface area contributed by atoms with Gasteiger partial charge in [0.25, 0.3) is 0 Å². The van der Waals surface area contributed by atoms with Crippen molar-refractivity contribution in [2.24, 2.45) is 0 Å². The van der Waals surface area contributed by atoms with Gasteiger partial charge in [0.2, 0.25) is 5.91 Å². The zero-order valence-corrected chi connectivity index (χ0v) is 12.9. The lowest BCUT2D eigenvalue weighted by Crippen LogP contribution is -2.44. The number of nitrogens with one attached hydrogen (secondary N) is 1. The number of rotatable bonds is 6. The molecule has 0 aliphatic heterocycles. The number of nitrogens with zero attached hydrogens (tertiary/aromatic N) is 1. The number of ether oxygens (including phenoxy) is 1. The third-order valence-electron chi connectivity index (χ3n) is 2.67. The summed E-state index contributed by atoms with van der Waals surface area (Å²) in [7, 11) is 1.20. The standard InChI is InChI=1S/C13H14N2O4S2/c1-19-13(18)10(5-16)15-11(17)4-9-7-21-12(14-9)8-2-3-20-6-8/h2-3,6-7,10,16H,4-5H2,1H3,(H,15,17). The Hall–Kier alpha value is -1.77. The molecule has 1 atom stereocenters. The summed E-state index contributed by atoms with van der Waals surface area (Å²) in [5, 5.41) is 18.1. The van der Waals surface area contributed by atoms with E-state index in [9.17, 15) is 9.59 Å². The highest BCUT2D eigenvalue weighted by molar-refractivity contribution is 7.14. The van der Waals surface area contributed by atoms with Crippen molar-refractivity contribution in [3.63, 3.8) is 0 Å². The molecular weight excluding hydrogens is 312 g/mol. The molecule has 112 valence electrons. The summed E-state index contributed by atoms with van der Waals surface area (Å²) >= 11 is 3.04. The molecule has 0 saturated carbocycles. The lowest BCUT2D eigenvalue weighted by Gasteiger charge is -2.13. The molecule has 1 amide bonds. The van der Waals surface area contributed by atoms with Crippen LogP contribution in [0.15, 0.2) is 22.2 Å². The van der Waals surface area contributed by atoms with Gasteiger partial charge in [0, 0.05) is 16.3 Å². The van der Waals surface area contributed by atoms with Crippen LogP contribution in [0.1, 0.15) is 5.69 Å². The number of methoxy groups -OCH3 is 1. The Morgan fingerprint density at radius 1 is 1.48 bits per heavy atom. The number of carbonyl (C=O) groups is 2. The Labute approximate surface area is 129 Å². The van der Waals surface area contributed by atoms with Gasteiger partial charge in [-0.1, -0.05) is 0 Å². The fourth-order valence-corrected chi connectivity index (χ4v) is 3.17. The molecule has 0 aliphatic rings. The molecule has 0 saturated heterocycles. The fraction of sp³-hybridized carbons (Fsp3) is 0.308. The van der Waals surface area contributed by atoms with Crippen LogP contribution in [-0.2, 0) is 20.7 Å². The minimum absolute atomic E-state index is 0.0497. The molecule has 0 aliphatic carbocycles. The van der Waals surface area contributed by atoms with Crippen molar-refractivity contribution in [1.29, 1.82) is 0 Å². The smallest absolute Gasteiger partial charge is 0.330 e. The maximum absolute atomic E-state index is 11.8. The van der Waals surface area contributed by atoms with Gasteiger partial charge < -0.3 is 15.2 Å². The predicted octanol–water partition coefficient (Wildman–Crippen LogP) is 1.06. The summed E-state index contributed by atoms with van der Waals surface area (Å²) in [6, 6.07) is 0.921. The lowest BCUT2D eigenvalue weighted by atomic mass is 10.2. The van der Waals surface area contributed by atoms with E-state index in [0.717, 1.165) is 10.6 Å². The second kappa shape index (κ2) is 7.30. The average Bonchev–Trinajstić information content (AvgIpc) is 3.14. The highest BCUT2D eigenvalue weighted by Crippen LogP contribution is 2.25. The average molecular weight is 326 g/mol. The van der Waals surface area contributed by atoms with Crippen LogP contribution in [-0.4, -0.2) is 41.7 Å². The molecule has 2 N–H and O–H groups in total. The van der Waals surface area contributed by atoms with Crippen LogP contribution in [0.3, 0.4) is 0 Å². The van der Waals surface area contributed by atoms with Gasteiger partial charge >= 0.3 is 5.97 Å². The molecule has 2 heterocycles. The van der Waals surface area contributed by atoms with Gasteiger partial charge in [-0.3, -0.25) is 4.79 Å². The first-order valence-electron chi connectivity index (χ1n) is 6.09. The zero-order chi connectivity index (χ0) is 15.2. The van der Waals surface area contributed by atoms with Gasteiger partial charge in [-0.25, -0.2) is 9.78 Å². The van der Waals surface area contributed by atoms with Gasteiger partial charge in [-0.2, -0.15) is 11.3 Å². The number of esters is 1. The van der Waals surface area contributed by atoms with Crippen molar-refractivity contribution in [2.45, 2.75) is 12.5 Å².